The first kappa shape index (κ1) is 10.9. The van der Waals surface area contributed by atoms with E-state index < -0.39 is 14.0 Å². The highest BCUT2D eigenvalue weighted by Crippen LogP contribution is 2.16. The van der Waals surface area contributed by atoms with Crippen LogP contribution in [-0.2, 0) is 4.79 Å². The molecule has 0 saturated heterocycles. The van der Waals surface area contributed by atoms with Crippen LogP contribution >= 0.6 is 15.9 Å². The fourth-order valence-corrected chi connectivity index (χ4v) is 1.28. The number of rotatable bonds is 3. The number of hydrogen-bond donors (Lipinski definition) is 1. The van der Waals surface area contributed by atoms with Gasteiger partial charge in [0, 0.05) is 10.5 Å². The lowest BCUT2D eigenvalue weighted by atomic mass is 10.5. The van der Waals surface area contributed by atoms with Crippen molar-refractivity contribution in [2.75, 3.05) is 0 Å². The summed E-state index contributed by atoms with van der Waals surface area (Å²) in [5, 5.41) is 8.34. The summed E-state index contributed by atoms with van der Waals surface area (Å²) in [5.41, 5.74) is 0. The van der Waals surface area contributed by atoms with Crippen molar-refractivity contribution in [3.05, 3.63) is 12.2 Å². The van der Waals surface area contributed by atoms with Gasteiger partial charge >= 0.3 is 5.97 Å². The first-order chi connectivity index (χ1) is 4.84. The SMILES string of the molecule is C[Si](C)(C)C(Br)C=CC(=O)O. The second-order valence-corrected chi connectivity index (χ2v) is 10.7. The Labute approximate surface area is 76.4 Å². The maximum absolute atomic E-state index is 10.1. The van der Waals surface area contributed by atoms with Gasteiger partial charge in [0.15, 0.2) is 0 Å². The van der Waals surface area contributed by atoms with Crippen molar-refractivity contribution in [3.63, 3.8) is 0 Å². The summed E-state index contributed by atoms with van der Waals surface area (Å²) in [6, 6.07) is 0. The minimum Gasteiger partial charge on any atom is -0.478 e. The number of carbonyl (C=O) groups is 1. The number of allylic oxidation sites excluding steroid dienone is 1. The molecule has 0 aliphatic carbocycles. The molecular weight excluding hydrogens is 224 g/mol. The lowest BCUT2D eigenvalue weighted by Crippen LogP contribution is -2.31. The molecule has 0 fully saturated rings. The van der Waals surface area contributed by atoms with Crippen LogP contribution in [0.15, 0.2) is 12.2 Å². The van der Waals surface area contributed by atoms with Gasteiger partial charge in [0.1, 0.15) is 0 Å². The summed E-state index contributed by atoms with van der Waals surface area (Å²) in [6.45, 7) is 6.54. The Morgan fingerprint density at radius 3 is 2.27 bits per heavy atom. The Kier molecular flexibility index (Phi) is 4.03. The number of aliphatic carboxylic acids is 1. The summed E-state index contributed by atoms with van der Waals surface area (Å²) in [5.74, 6) is -0.882. The second kappa shape index (κ2) is 4.06. The molecule has 0 heterocycles. The number of carboxylic acids is 1. The van der Waals surface area contributed by atoms with Crippen LogP contribution in [0, 0.1) is 0 Å². The van der Waals surface area contributed by atoms with E-state index in [4.69, 9.17) is 5.11 Å². The van der Waals surface area contributed by atoms with E-state index in [1.54, 1.807) is 6.08 Å². The van der Waals surface area contributed by atoms with E-state index in [0.29, 0.717) is 0 Å². The normalized spacial score (nSPS) is 15.3. The molecule has 0 aliphatic heterocycles. The third-order valence-corrected chi connectivity index (χ3v) is 7.51. The van der Waals surface area contributed by atoms with Crippen molar-refractivity contribution < 1.29 is 9.90 Å². The van der Waals surface area contributed by atoms with Gasteiger partial charge in [0.05, 0.1) is 8.07 Å². The summed E-state index contributed by atoms with van der Waals surface area (Å²) in [6.07, 6.45) is 2.90. The minimum atomic E-state index is -1.26. The van der Waals surface area contributed by atoms with Gasteiger partial charge in [0.2, 0.25) is 0 Å². The maximum atomic E-state index is 10.1. The lowest BCUT2D eigenvalue weighted by Gasteiger charge is -2.19. The van der Waals surface area contributed by atoms with E-state index in [9.17, 15) is 4.79 Å². The molecule has 0 bridgehead atoms. The van der Waals surface area contributed by atoms with Crippen molar-refractivity contribution in [1.82, 2.24) is 0 Å². The average Bonchev–Trinajstić information content (AvgIpc) is 1.80. The van der Waals surface area contributed by atoms with E-state index in [2.05, 4.69) is 35.6 Å². The largest absolute Gasteiger partial charge is 0.478 e. The van der Waals surface area contributed by atoms with Crippen LogP contribution in [0.4, 0.5) is 0 Å². The molecule has 1 atom stereocenters. The van der Waals surface area contributed by atoms with E-state index in [0.717, 1.165) is 0 Å². The monoisotopic (exact) mass is 236 g/mol. The van der Waals surface area contributed by atoms with Gasteiger partial charge < -0.3 is 5.11 Å². The molecule has 0 aromatic heterocycles. The van der Waals surface area contributed by atoms with E-state index in [1.807, 2.05) is 0 Å². The van der Waals surface area contributed by atoms with E-state index in [-0.39, 0.29) is 4.45 Å². The quantitative estimate of drug-likeness (QED) is 0.464. The average molecular weight is 237 g/mol. The molecule has 0 aliphatic rings. The minimum absolute atomic E-state index is 0.242. The van der Waals surface area contributed by atoms with Gasteiger partial charge in [-0.1, -0.05) is 41.6 Å². The first-order valence-corrected chi connectivity index (χ1v) is 7.88. The topological polar surface area (TPSA) is 37.3 Å². The molecule has 4 heteroatoms. The smallest absolute Gasteiger partial charge is 0.328 e. The summed E-state index contributed by atoms with van der Waals surface area (Å²) in [4.78, 5) is 10.1. The zero-order valence-corrected chi connectivity index (χ0v) is 9.55. The molecule has 0 aromatic carbocycles. The van der Waals surface area contributed by atoms with Crippen LogP contribution in [0.5, 0.6) is 0 Å². The predicted molar refractivity (Wildman–Crippen MR) is 52.8 cm³/mol. The standard InChI is InChI=1S/C7H13BrO2Si/c1-11(2,3)6(8)4-5-7(9)10/h4-6H,1-3H3,(H,9,10). The third kappa shape index (κ3) is 5.21. The Morgan fingerprint density at radius 1 is 1.55 bits per heavy atom. The second-order valence-electron chi connectivity index (χ2n) is 3.47. The third-order valence-electron chi connectivity index (χ3n) is 1.24. The Bertz CT molecular complexity index is 172. The summed E-state index contributed by atoms with van der Waals surface area (Å²) in [7, 11) is -1.26. The molecule has 1 N–H and O–H groups in total. The predicted octanol–water partition coefficient (Wildman–Crippen LogP) is 2.27. The van der Waals surface area contributed by atoms with Gasteiger partial charge in [-0.3, -0.25) is 0 Å². The van der Waals surface area contributed by atoms with Gasteiger partial charge in [-0.25, -0.2) is 4.79 Å². The van der Waals surface area contributed by atoms with Crippen molar-refractivity contribution >= 4 is 30.0 Å². The summed E-state index contributed by atoms with van der Waals surface area (Å²) >= 11 is 3.44. The zero-order chi connectivity index (χ0) is 9.07. The maximum Gasteiger partial charge on any atom is 0.328 e. The Hall–Kier alpha value is -0.0931. The number of halogens is 1. The van der Waals surface area contributed by atoms with Crippen LogP contribution in [0.1, 0.15) is 0 Å². The van der Waals surface area contributed by atoms with E-state index >= 15 is 0 Å². The van der Waals surface area contributed by atoms with Crippen molar-refractivity contribution in [1.29, 1.82) is 0 Å². The molecular formula is C7H13BrO2Si. The van der Waals surface area contributed by atoms with Crippen molar-refractivity contribution in [2.45, 2.75) is 24.1 Å². The molecule has 0 aromatic rings. The molecule has 0 amide bonds. The molecule has 11 heavy (non-hydrogen) atoms. The van der Waals surface area contributed by atoms with Gasteiger partial charge in [-0.2, -0.15) is 0 Å². The Balaban J connectivity index is 4.07. The van der Waals surface area contributed by atoms with E-state index in [1.165, 1.54) is 6.08 Å². The molecule has 0 saturated carbocycles. The van der Waals surface area contributed by atoms with Gasteiger partial charge in [-0.05, 0) is 0 Å². The number of carboxylic acid groups (broad SMARTS) is 1. The Morgan fingerprint density at radius 2 is 2.00 bits per heavy atom. The van der Waals surface area contributed by atoms with Crippen LogP contribution in [0.2, 0.25) is 19.6 Å². The zero-order valence-electron chi connectivity index (χ0n) is 6.97. The highest BCUT2D eigenvalue weighted by Gasteiger charge is 2.21. The molecule has 0 radical (unpaired) electrons. The molecule has 0 rings (SSSR count). The first-order valence-electron chi connectivity index (χ1n) is 3.39. The molecule has 0 spiro atoms. The van der Waals surface area contributed by atoms with Gasteiger partial charge in [0.25, 0.3) is 0 Å². The fourth-order valence-electron chi connectivity index (χ4n) is 0.455. The number of alkyl halides is 1. The van der Waals surface area contributed by atoms with Crippen LogP contribution < -0.4 is 0 Å². The lowest BCUT2D eigenvalue weighted by molar-refractivity contribution is -0.131. The summed E-state index contributed by atoms with van der Waals surface area (Å²) < 4.78 is 0.242. The molecule has 2 nitrogen and oxygen atoms in total. The highest BCUT2D eigenvalue weighted by atomic mass is 79.9. The van der Waals surface area contributed by atoms with Crippen LogP contribution in [0.25, 0.3) is 0 Å². The van der Waals surface area contributed by atoms with Crippen molar-refractivity contribution in [3.8, 4) is 0 Å². The van der Waals surface area contributed by atoms with Crippen molar-refractivity contribution in [2.24, 2.45) is 0 Å². The fraction of sp³-hybridized carbons (Fsp3) is 0.571. The number of hydrogen-bond acceptors (Lipinski definition) is 1. The highest BCUT2D eigenvalue weighted by molar-refractivity contribution is 9.10. The van der Waals surface area contributed by atoms with Crippen LogP contribution in [-0.4, -0.2) is 23.6 Å². The molecule has 1 unspecified atom stereocenters. The molecule has 64 valence electrons. The van der Waals surface area contributed by atoms with Crippen LogP contribution in [0.3, 0.4) is 0 Å². The van der Waals surface area contributed by atoms with Gasteiger partial charge in [-0.15, -0.1) is 0 Å².